The number of ether oxygens (including phenoxy) is 2. The fraction of sp³-hybridized carbons (Fsp3) is 0.353. The highest BCUT2D eigenvalue weighted by Crippen LogP contribution is 2.25. The maximum absolute atomic E-state index is 14.4. The van der Waals surface area contributed by atoms with Gasteiger partial charge in [0, 0.05) is 31.1 Å². The van der Waals surface area contributed by atoms with Gasteiger partial charge in [0.15, 0.2) is 11.6 Å². The summed E-state index contributed by atoms with van der Waals surface area (Å²) in [6.07, 6.45) is 1.51. The van der Waals surface area contributed by atoms with Crippen LogP contribution in [0.4, 0.5) is 21.7 Å². The van der Waals surface area contributed by atoms with Crippen LogP contribution in [-0.2, 0) is 4.74 Å². The van der Waals surface area contributed by atoms with Crippen LogP contribution < -0.4 is 26.8 Å². The molecule has 1 amide bonds. The number of primary amides is 1. The van der Waals surface area contributed by atoms with Crippen LogP contribution in [0.25, 0.3) is 0 Å². The lowest BCUT2D eigenvalue weighted by molar-refractivity contribution is 0.100. The standard InChI is InChI=1S/C17H23FN6O3/c1-9(19)13(8-26-2)23-17-12(18)7-11(15(20)25)16(24-17)22-10-4-5-21-14(6-10)27-3/h4-7,9,13H,8,19H2,1-3H3,(H2,20,25)(H2,21,22,23,24)/t9-,13+/m0/s1. The smallest absolute Gasteiger partial charge is 0.252 e. The lowest BCUT2D eigenvalue weighted by Gasteiger charge is -2.23. The highest BCUT2D eigenvalue weighted by atomic mass is 19.1. The lowest BCUT2D eigenvalue weighted by atomic mass is 10.1. The van der Waals surface area contributed by atoms with Crippen molar-refractivity contribution >= 4 is 23.2 Å². The summed E-state index contributed by atoms with van der Waals surface area (Å²) in [6.45, 7) is 2.01. The van der Waals surface area contributed by atoms with Crippen molar-refractivity contribution in [2.45, 2.75) is 19.0 Å². The molecule has 9 nitrogen and oxygen atoms in total. The Morgan fingerprint density at radius 2 is 2.07 bits per heavy atom. The number of hydrogen-bond acceptors (Lipinski definition) is 8. The van der Waals surface area contributed by atoms with Gasteiger partial charge in [-0.25, -0.2) is 14.4 Å². The minimum atomic E-state index is -0.822. The zero-order chi connectivity index (χ0) is 20.0. The molecule has 10 heteroatoms. The van der Waals surface area contributed by atoms with E-state index >= 15 is 0 Å². The highest BCUT2D eigenvalue weighted by Gasteiger charge is 2.20. The van der Waals surface area contributed by atoms with Gasteiger partial charge in [-0.1, -0.05) is 0 Å². The van der Waals surface area contributed by atoms with E-state index in [1.54, 1.807) is 19.1 Å². The Balaban J connectivity index is 2.40. The van der Waals surface area contributed by atoms with Crippen molar-refractivity contribution in [1.82, 2.24) is 9.97 Å². The van der Waals surface area contributed by atoms with Crippen molar-refractivity contribution in [3.8, 4) is 5.88 Å². The number of aromatic nitrogens is 2. The van der Waals surface area contributed by atoms with Gasteiger partial charge in [0.05, 0.1) is 25.3 Å². The number of carbonyl (C=O) groups excluding carboxylic acids is 1. The molecule has 0 aliphatic carbocycles. The highest BCUT2D eigenvalue weighted by molar-refractivity contribution is 5.98. The summed E-state index contributed by atoms with van der Waals surface area (Å²) >= 11 is 0. The zero-order valence-electron chi connectivity index (χ0n) is 15.3. The van der Waals surface area contributed by atoms with E-state index in [-0.39, 0.29) is 35.9 Å². The second-order valence-electron chi connectivity index (χ2n) is 5.86. The molecule has 0 radical (unpaired) electrons. The van der Waals surface area contributed by atoms with E-state index < -0.39 is 11.7 Å². The number of methoxy groups -OCH3 is 2. The maximum Gasteiger partial charge on any atom is 0.252 e. The molecule has 2 aromatic heterocycles. The van der Waals surface area contributed by atoms with E-state index in [0.29, 0.717) is 11.6 Å². The molecule has 27 heavy (non-hydrogen) atoms. The molecule has 0 bridgehead atoms. The average Bonchev–Trinajstić information content (AvgIpc) is 2.63. The van der Waals surface area contributed by atoms with Crippen LogP contribution in [0.15, 0.2) is 24.4 Å². The number of anilines is 3. The monoisotopic (exact) mass is 378 g/mol. The Bertz CT molecular complexity index is 802. The normalized spacial score (nSPS) is 12.9. The predicted octanol–water partition coefficient (Wildman–Crippen LogP) is 1.24. The minimum Gasteiger partial charge on any atom is -0.481 e. The summed E-state index contributed by atoms with van der Waals surface area (Å²) in [5.41, 5.74) is 11.7. The first kappa shape index (κ1) is 20.3. The Kier molecular flexibility index (Phi) is 6.85. The third kappa shape index (κ3) is 5.25. The van der Waals surface area contributed by atoms with Crippen molar-refractivity contribution in [3.05, 3.63) is 35.8 Å². The van der Waals surface area contributed by atoms with Crippen molar-refractivity contribution in [3.63, 3.8) is 0 Å². The molecule has 2 heterocycles. The molecular formula is C17H23FN6O3. The van der Waals surface area contributed by atoms with Gasteiger partial charge in [0.1, 0.15) is 5.82 Å². The van der Waals surface area contributed by atoms with E-state index in [2.05, 4.69) is 20.6 Å². The Hall–Kier alpha value is -2.98. The zero-order valence-corrected chi connectivity index (χ0v) is 15.3. The van der Waals surface area contributed by atoms with Crippen molar-refractivity contribution in [2.24, 2.45) is 11.5 Å². The van der Waals surface area contributed by atoms with Gasteiger partial charge in [0.2, 0.25) is 5.88 Å². The minimum absolute atomic E-state index is 0.0807. The summed E-state index contributed by atoms with van der Waals surface area (Å²) < 4.78 is 24.6. The molecule has 0 unspecified atom stereocenters. The van der Waals surface area contributed by atoms with Crippen molar-refractivity contribution in [2.75, 3.05) is 31.5 Å². The Labute approximate surface area is 156 Å². The summed E-state index contributed by atoms with van der Waals surface area (Å²) in [4.78, 5) is 19.9. The first-order valence-electron chi connectivity index (χ1n) is 8.14. The SMILES string of the molecule is COC[C@@H](Nc1nc(Nc2ccnc(OC)c2)c(C(N)=O)cc1F)[C@H](C)N. The number of nitrogens with one attached hydrogen (secondary N) is 2. The van der Waals surface area contributed by atoms with Gasteiger partial charge in [-0.05, 0) is 19.1 Å². The second kappa shape index (κ2) is 9.10. The number of rotatable bonds is 9. The molecule has 0 aliphatic heterocycles. The van der Waals surface area contributed by atoms with E-state index in [0.717, 1.165) is 6.07 Å². The van der Waals surface area contributed by atoms with Gasteiger partial charge < -0.3 is 31.6 Å². The van der Waals surface area contributed by atoms with Gasteiger partial charge >= 0.3 is 0 Å². The molecule has 146 valence electrons. The first-order valence-corrected chi connectivity index (χ1v) is 8.14. The summed E-state index contributed by atoms with van der Waals surface area (Å²) in [5, 5.41) is 5.83. The van der Waals surface area contributed by atoms with Crippen molar-refractivity contribution in [1.29, 1.82) is 0 Å². The van der Waals surface area contributed by atoms with E-state index in [9.17, 15) is 9.18 Å². The van der Waals surface area contributed by atoms with Crippen LogP contribution in [0.5, 0.6) is 5.88 Å². The molecule has 0 fully saturated rings. The van der Waals surface area contributed by atoms with Gasteiger partial charge in [0.25, 0.3) is 5.91 Å². The molecule has 0 saturated heterocycles. The largest absolute Gasteiger partial charge is 0.481 e. The topological polar surface area (TPSA) is 137 Å². The third-order valence-electron chi connectivity index (χ3n) is 3.75. The molecular weight excluding hydrogens is 355 g/mol. The van der Waals surface area contributed by atoms with Gasteiger partial charge in [-0.15, -0.1) is 0 Å². The third-order valence-corrected chi connectivity index (χ3v) is 3.75. The number of hydrogen-bond donors (Lipinski definition) is 4. The number of nitrogens with two attached hydrogens (primary N) is 2. The Morgan fingerprint density at radius 1 is 1.33 bits per heavy atom. The number of nitrogens with zero attached hydrogens (tertiary/aromatic N) is 2. The summed E-state index contributed by atoms with van der Waals surface area (Å²) in [7, 11) is 2.99. The molecule has 0 spiro atoms. The van der Waals surface area contributed by atoms with Gasteiger partial charge in [-0.3, -0.25) is 4.79 Å². The summed E-state index contributed by atoms with van der Waals surface area (Å²) in [5.74, 6) is -1.19. The Morgan fingerprint density at radius 3 is 2.67 bits per heavy atom. The fourth-order valence-electron chi connectivity index (χ4n) is 2.29. The fourth-order valence-corrected chi connectivity index (χ4v) is 2.29. The van der Waals surface area contributed by atoms with E-state index in [1.807, 2.05) is 0 Å². The number of amides is 1. The molecule has 0 saturated carbocycles. The van der Waals surface area contributed by atoms with Crippen LogP contribution in [0.3, 0.4) is 0 Å². The molecule has 0 aromatic carbocycles. The summed E-state index contributed by atoms with van der Waals surface area (Å²) in [6, 6.07) is 3.54. The van der Waals surface area contributed by atoms with Crippen LogP contribution in [0, 0.1) is 5.82 Å². The molecule has 2 rings (SSSR count). The first-order chi connectivity index (χ1) is 12.8. The maximum atomic E-state index is 14.4. The number of halogens is 1. The molecule has 2 aromatic rings. The van der Waals surface area contributed by atoms with Crippen LogP contribution in [0.1, 0.15) is 17.3 Å². The van der Waals surface area contributed by atoms with Crippen molar-refractivity contribution < 1.29 is 18.7 Å². The molecule has 6 N–H and O–H groups in total. The molecule has 0 aliphatic rings. The number of pyridine rings is 2. The van der Waals surface area contributed by atoms with Crippen LogP contribution in [-0.4, -0.2) is 48.8 Å². The molecule has 2 atom stereocenters. The van der Waals surface area contributed by atoms with E-state index in [4.69, 9.17) is 20.9 Å². The van der Waals surface area contributed by atoms with Crippen LogP contribution >= 0.6 is 0 Å². The quantitative estimate of drug-likeness (QED) is 0.511. The predicted molar refractivity (Wildman–Crippen MR) is 99.7 cm³/mol. The number of carbonyl (C=O) groups is 1. The lowest BCUT2D eigenvalue weighted by Crippen LogP contribution is -2.41. The second-order valence-corrected chi connectivity index (χ2v) is 5.86. The van der Waals surface area contributed by atoms with Crippen LogP contribution in [0.2, 0.25) is 0 Å². The van der Waals surface area contributed by atoms with E-state index in [1.165, 1.54) is 20.4 Å². The average molecular weight is 378 g/mol. The van der Waals surface area contributed by atoms with Gasteiger partial charge in [-0.2, -0.15) is 0 Å².